The summed E-state index contributed by atoms with van der Waals surface area (Å²) in [6.07, 6.45) is 1.55. The predicted molar refractivity (Wildman–Crippen MR) is 65.3 cm³/mol. The maximum atomic E-state index is 11.5. The molecule has 0 saturated carbocycles. The van der Waals surface area contributed by atoms with Crippen LogP contribution in [0.15, 0.2) is 0 Å². The Kier molecular flexibility index (Phi) is 7.14. The molecule has 0 bridgehead atoms. The number of nitrogens with one attached hydrogen (secondary N) is 1. The van der Waals surface area contributed by atoms with Crippen LogP contribution in [0.1, 0.15) is 26.7 Å². The third-order valence-electron chi connectivity index (χ3n) is 2.38. The first kappa shape index (κ1) is 15.8. The number of hydrogen-bond donors (Lipinski definition) is 2. The predicted octanol–water partition coefficient (Wildman–Crippen LogP) is 0.427. The fourth-order valence-corrected chi connectivity index (χ4v) is 2.21. The summed E-state index contributed by atoms with van der Waals surface area (Å²) in [6.45, 7) is 4.66. The van der Waals surface area contributed by atoms with E-state index >= 15 is 0 Å². The molecular formula is C10H24N2O3S. The SMILES string of the molecule is CC(C)CC(CCO)CNS(=O)(=O)N(C)C. The molecule has 1 atom stereocenters. The molecule has 98 valence electrons. The highest BCUT2D eigenvalue weighted by Gasteiger charge is 2.17. The number of rotatable bonds is 8. The molecule has 0 saturated heterocycles. The molecule has 16 heavy (non-hydrogen) atoms. The Bertz CT molecular complexity index is 276. The topological polar surface area (TPSA) is 69.6 Å². The van der Waals surface area contributed by atoms with Crippen LogP contribution in [0.4, 0.5) is 0 Å². The molecule has 0 aromatic rings. The van der Waals surface area contributed by atoms with E-state index in [-0.39, 0.29) is 12.5 Å². The van der Waals surface area contributed by atoms with E-state index in [4.69, 9.17) is 5.11 Å². The quantitative estimate of drug-likeness (QED) is 0.658. The van der Waals surface area contributed by atoms with E-state index in [0.29, 0.717) is 18.9 Å². The van der Waals surface area contributed by atoms with Crippen molar-refractivity contribution in [1.82, 2.24) is 9.03 Å². The molecule has 2 N–H and O–H groups in total. The van der Waals surface area contributed by atoms with Gasteiger partial charge in [0.1, 0.15) is 0 Å². The van der Waals surface area contributed by atoms with Crippen molar-refractivity contribution >= 4 is 10.2 Å². The minimum absolute atomic E-state index is 0.0983. The summed E-state index contributed by atoms with van der Waals surface area (Å²) >= 11 is 0. The van der Waals surface area contributed by atoms with Gasteiger partial charge >= 0.3 is 0 Å². The van der Waals surface area contributed by atoms with Crippen LogP contribution in [-0.2, 0) is 10.2 Å². The summed E-state index contributed by atoms with van der Waals surface area (Å²) in [7, 11) is -0.362. The molecule has 0 aliphatic rings. The Morgan fingerprint density at radius 3 is 2.25 bits per heavy atom. The molecule has 0 aliphatic heterocycles. The van der Waals surface area contributed by atoms with Crippen LogP contribution in [0.3, 0.4) is 0 Å². The first-order valence-electron chi connectivity index (χ1n) is 5.57. The van der Waals surface area contributed by atoms with Gasteiger partial charge in [0.2, 0.25) is 0 Å². The van der Waals surface area contributed by atoms with Crippen molar-refractivity contribution in [2.45, 2.75) is 26.7 Å². The van der Waals surface area contributed by atoms with Crippen molar-refractivity contribution in [3.05, 3.63) is 0 Å². The maximum absolute atomic E-state index is 11.5. The highest BCUT2D eigenvalue weighted by atomic mass is 32.2. The lowest BCUT2D eigenvalue weighted by molar-refractivity contribution is 0.243. The third kappa shape index (κ3) is 6.42. The van der Waals surface area contributed by atoms with Crippen LogP contribution >= 0.6 is 0 Å². The standard InChI is InChI=1S/C10H24N2O3S/c1-9(2)7-10(5-6-13)8-11-16(14,15)12(3)4/h9-11,13H,5-8H2,1-4H3. The highest BCUT2D eigenvalue weighted by molar-refractivity contribution is 7.87. The molecule has 1 unspecified atom stereocenters. The maximum Gasteiger partial charge on any atom is 0.278 e. The molecule has 0 radical (unpaired) electrons. The van der Waals surface area contributed by atoms with Gasteiger partial charge in [-0.3, -0.25) is 0 Å². The Hall–Kier alpha value is -0.170. The van der Waals surface area contributed by atoms with E-state index in [0.717, 1.165) is 10.7 Å². The summed E-state index contributed by atoms with van der Waals surface area (Å²) < 4.78 is 26.6. The van der Waals surface area contributed by atoms with Crippen LogP contribution in [0.2, 0.25) is 0 Å². The van der Waals surface area contributed by atoms with E-state index in [1.165, 1.54) is 14.1 Å². The van der Waals surface area contributed by atoms with Gasteiger partial charge in [-0.05, 0) is 24.7 Å². The summed E-state index contributed by atoms with van der Waals surface area (Å²) in [5.41, 5.74) is 0. The molecule has 0 aliphatic carbocycles. The smallest absolute Gasteiger partial charge is 0.278 e. The largest absolute Gasteiger partial charge is 0.396 e. The van der Waals surface area contributed by atoms with E-state index in [1.807, 2.05) is 0 Å². The van der Waals surface area contributed by atoms with E-state index in [9.17, 15) is 8.42 Å². The second-order valence-corrected chi connectivity index (χ2v) is 6.61. The molecule has 0 spiro atoms. The zero-order valence-electron chi connectivity index (χ0n) is 10.6. The lowest BCUT2D eigenvalue weighted by Crippen LogP contribution is -2.38. The van der Waals surface area contributed by atoms with E-state index in [1.54, 1.807) is 0 Å². The lowest BCUT2D eigenvalue weighted by atomic mass is 9.95. The summed E-state index contributed by atoms with van der Waals surface area (Å²) in [5.74, 6) is 0.695. The van der Waals surface area contributed by atoms with Crippen LogP contribution in [-0.4, -0.2) is 45.1 Å². The molecule has 0 amide bonds. The first-order chi connectivity index (χ1) is 7.29. The summed E-state index contributed by atoms with van der Waals surface area (Å²) in [6, 6.07) is 0. The second kappa shape index (κ2) is 7.21. The van der Waals surface area contributed by atoms with Crippen molar-refractivity contribution in [1.29, 1.82) is 0 Å². The van der Waals surface area contributed by atoms with Crippen molar-refractivity contribution in [2.24, 2.45) is 11.8 Å². The number of aliphatic hydroxyl groups excluding tert-OH is 1. The Balaban J connectivity index is 4.21. The molecule has 0 rings (SSSR count). The monoisotopic (exact) mass is 252 g/mol. The van der Waals surface area contributed by atoms with E-state index < -0.39 is 10.2 Å². The van der Waals surface area contributed by atoms with Gasteiger partial charge in [0.05, 0.1) is 0 Å². The molecular weight excluding hydrogens is 228 g/mol. The third-order valence-corrected chi connectivity index (χ3v) is 3.87. The van der Waals surface area contributed by atoms with Gasteiger partial charge in [-0.1, -0.05) is 13.8 Å². The Labute approximate surface area is 99.0 Å². The minimum Gasteiger partial charge on any atom is -0.396 e. The normalized spacial score (nSPS) is 14.7. The molecule has 0 heterocycles. The Morgan fingerprint density at radius 1 is 1.31 bits per heavy atom. The van der Waals surface area contributed by atoms with Crippen molar-refractivity contribution < 1.29 is 13.5 Å². The van der Waals surface area contributed by atoms with Crippen LogP contribution < -0.4 is 4.72 Å². The Morgan fingerprint density at radius 2 is 1.88 bits per heavy atom. The fraction of sp³-hybridized carbons (Fsp3) is 1.00. The van der Waals surface area contributed by atoms with Crippen molar-refractivity contribution in [2.75, 3.05) is 27.2 Å². The summed E-state index contributed by atoms with van der Waals surface area (Å²) in [4.78, 5) is 0. The number of aliphatic hydroxyl groups is 1. The fourth-order valence-electron chi connectivity index (χ4n) is 1.50. The van der Waals surface area contributed by atoms with Gasteiger partial charge in [0, 0.05) is 27.2 Å². The second-order valence-electron chi connectivity index (χ2n) is 4.64. The van der Waals surface area contributed by atoms with Gasteiger partial charge in [0.15, 0.2) is 0 Å². The van der Waals surface area contributed by atoms with Crippen LogP contribution in [0.5, 0.6) is 0 Å². The van der Waals surface area contributed by atoms with Crippen molar-refractivity contribution in [3.63, 3.8) is 0 Å². The zero-order chi connectivity index (χ0) is 12.8. The minimum atomic E-state index is -3.35. The highest BCUT2D eigenvalue weighted by Crippen LogP contribution is 2.14. The summed E-state index contributed by atoms with van der Waals surface area (Å²) in [5, 5.41) is 8.90. The van der Waals surface area contributed by atoms with Gasteiger partial charge < -0.3 is 5.11 Å². The lowest BCUT2D eigenvalue weighted by Gasteiger charge is -2.20. The average Bonchev–Trinajstić information content (AvgIpc) is 2.13. The van der Waals surface area contributed by atoms with Gasteiger partial charge in [-0.2, -0.15) is 12.7 Å². The van der Waals surface area contributed by atoms with E-state index in [2.05, 4.69) is 18.6 Å². The molecule has 0 aromatic carbocycles. The van der Waals surface area contributed by atoms with Gasteiger partial charge in [-0.25, -0.2) is 4.72 Å². The van der Waals surface area contributed by atoms with Crippen molar-refractivity contribution in [3.8, 4) is 0 Å². The van der Waals surface area contributed by atoms with Crippen LogP contribution in [0.25, 0.3) is 0 Å². The average molecular weight is 252 g/mol. The first-order valence-corrected chi connectivity index (χ1v) is 7.01. The number of hydrogen-bond acceptors (Lipinski definition) is 3. The van der Waals surface area contributed by atoms with Gasteiger partial charge in [0.25, 0.3) is 10.2 Å². The van der Waals surface area contributed by atoms with Crippen LogP contribution in [0, 0.1) is 11.8 Å². The molecule has 0 aromatic heterocycles. The molecule has 5 nitrogen and oxygen atoms in total. The molecule has 6 heteroatoms. The number of nitrogens with zero attached hydrogens (tertiary/aromatic N) is 1. The molecule has 0 fully saturated rings. The zero-order valence-corrected chi connectivity index (χ0v) is 11.4. The van der Waals surface area contributed by atoms with Gasteiger partial charge in [-0.15, -0.1) is 0 Å².